The van der Waals surface area contributed by atoms with Crippen LogP contribution in [0.5, 0.6) is 0 Å². The summed E-state index contributed by atoms with van der Waals surface area (Å²) in [5.74, 6) is 0.157. The summed E-state index contributed by atoms with van der Waals surface area (Å²) in [6.45, 7) is 4.55. The van der Waals surface area contributed by atoms with Crippen LogP contribution in [0.25, 0.3) is 22.8 Å². The number of aromatic nitrogens is 6. The SMILES string of the molecule is Cc1nn(C2CCN(C)CC2)cc1Nc1nccc(-c2cccc(-c3cc(C4(O)CCN(C)C4=O)on3)n2)n1. The van der Waals surface area contributed by atoms with Gasteiger partial charge in [0, 0.05) is 38.5 Å². The Hall–Kier alpha value is -4.16. The van der Waals surface area contributed by atoms with Crippen LogP contribution in [0, 0.1) is 6.92 Å². The summed E-state index contributed by atoms with van der Waals surface area (Å²) in [4.78, 5) is 30.0. The molecule has 4 aromatic heterocycles. The van der Waals surface area contributed by atoms with E-state index in [-0.39, 0.29) is 12.2 Å². The molecule has 0 aromatic carbocycles. The van der Waals surface area contributed by atoms with Crippen molar-refractivity contribution in [1.82, 2.24) is 39.7 Å². The minimum absolute atomic E-state index is 0.115. The second-order valence-electron chi connectivity index (χ2n) is 10.4. The number of hydrogen-bond donors (Lipinski definition) is 2. The summed E-state index contributed by atoms with van der Waals surface area (Å²) in [7, 11) is 3.80. The van der Waals surface area contributed by atoms with E-state index >= 15 is 0 Å². The number of carbonyl (C=O) groups is 1. The first kappa shape index (κ1) is 25.1. The normalized spacial score (nSPS) is 20.6. The summed E-state index contributed by atoms with van der Waals surface area (Å²) in [6.07, 6.45) is 6.11. The van der Waals surface area contributed by atoms with E-state index in [2.05, 4.69) is 37.1 Å². The molecule has 2 N–H and O–H groups in total. The predicted molar refractivity (Wildman–Crippen MR) is 143 cm³/mol. The Balaban J connectivity index is 1.21. The molecule has 2 saturated heterocycles. The zero-order chi connectivity index (χ0) is 27.1. The van der Waals surface area contributed by atoms with Crippen molar-refractivity contribution >= 4 is 17.5 Å². The molecular weight excluding hydrogens is 498 g/mol. The average Bonchev–Trinajstić information content (AvgIpc) is 3.65. The first-order valence-corrected chi connectivity index (χ1v) is 13.1. The lowest BCUT2D eigenvalue weighted by atomic mass is 9.98. The van der Waals surface area contributed by atoms with Gasteiger partial charge in [0.25, 0.3) is 5.91 Å². The molecule has 39 heavy (non-hydrogen) atoms. The van der Waals surface area contributed by atoms with Crippen LogP contribution in [0.15, 0.2) is 47.2 Å². The van der Waals surface area contributed by atoms with Crippen LogP contribution >= 0.6 is 0 Å². The number of amides is 1. The van der Waals surface area contributed by atoms with Gasteiger partial charge in [0.2, 0.25) is 11.5 Å². The third-order valence-corrected chi connectivity index (χ3v) is 7.58. The third-order valence-electron chi connectivity index (χ3n) is 7.58. The van der Waals surface area contributed by atoms with Gasteiger partial charge in [-0.1, -0.05) is 11.2 Å². The smallest absolute Gasteiger partial charge is 0.262 e. The molecular formula is C27H31N9O3. The van der Waals surface area contributed by atoms with Gasteiger partial charge in [-0.05, 0) is 58.1 Å². The monoisotopic (exact) mass is 529 g/mol. The van der Waals surface area contributed by atoms with Gasteiger partial charge in [-0.3, -0.25) is 9.48 Å². The number of nitrogens with zero attached hydrogens (tertiary/aromatic N) is 8. The van der Waals surface area contributed by atoms with Crippen molar-refractivity contribution in [2.45, 2.75) is 37.8 Å². The molecule has 12 nitrogen and oxygen atoms in total. The van der Waals surface area contributed by atoms with Gasteiger partial charge >= 0.3 is 0 Å². The lowest BCUT2D eigenvalue weighted by Crippen LogP contribution is -2.35. The summed E-state index contributed by atoms with van der Waals surface area (Å²) < 4.78 is 7.44. The minimum atomic E-state index is -1.70. The van der Waals surface area contributed by atoms with Gasteiger partial charge in [0.15, 0.2) is 5.76 Å². The Labute approximate surface area is 225 Å². The quantitative estimate of drug-likeness (QED) is 0.383. The van der Waals surface area contributed by atoms with Crippen LogP contribution in [-0.2, 0) is 10.4 Å². The Morgan fingerprint density at radius 3 is 2.54 bits per heavy atom. The number of hydrogen-bond acceptors (Lipinski definition) is 10. The molecule has 0 saturated carbocycles. The van der Waals surface area contributed by atoms with Crippen molar-refractivity contribution in [2.24, 2.45) is 0 Å². The Kier molecular flexibility index (Phi) is 6.35. The van der Waals surface area contributed by atoms with Crippen molar-refractivity contribution in [3.05, 3.63) is 54.2 Å². The molecule has 0 spiro atoms. The zero-order valence-electron chi connectivity index (χ0n) is 22.2. The molecule has 0 radical (unpaired) electrons. The van der Waals surface area contributed by atoms with Crippen LogP contribution in [0.2, 0.25) is 0 Å². The summed E-state index contributed by atoms with van der Waals surface area (Å²) in [5.41, 5.74) is 2.26. The lowest BCUT2D eigenvalue weighted by Gasteiger charge is -2.28. The lowest BCUT2D eigenvalue weighted by molar-refractivity contribution is -0.144. The Morgan fingerprint density at radius 1 is 1.05 bits per heavy atom. The average molecular weight is 530 g/mol. The summed E-state index contributed by atoms with van der Waals surface area (Å²) in [5, 5.41) is 23.0. The van der Waals surface area contributed by atoms with Crippen LogP contribution < -0.4 is 5.32 Å². The summed E-state index contributed by atoms with van der Waals surface area (Å²) in [6, 6.07) is 9.24. The molecule has 1 amide bonds. The molecule has 2 fully saturated rings. The van der Waals surface area contributed by atoms with Gasteiger partial charge in [-0.25, -0.2) is 15.0 Å². The molecule has 2 aliphatic heterocycles. The number of aliphatic hydroxyl groups is 1. The fourth-order valence-electron chi connectivity index (χ4n) is 5.13. The number of carbonyl (C=O) groups excluding carboxylic acids is 1. The highest BCUT2D eigenvalue weighted by Gasteiger charge is 2.48. The highest BCUT2D eigenvalue weighted by atomic mass is 16.5. The standard InChI is InChI=1S/C27H31N9O3/c1-17-23(16-36(32-17)18-8-12-34(2)13-9-18)31-26-28-11-7-21(30-26)19-5-4-6-20(29-19)22-15-24(39-33-22)27(38)10-14-35(3)25(27)37/h4-7,11,15-16,18,38H,8-10,12-14H2,1-3H3,(H,28,30,31). The number of nitrogens with one attached hydrogen (secondary N) is 1. The second-order valence-corrected chi connectivity index (χ2v) is 10.4. The number of aryl methyl sites for hydroxylation is 1. The first-order chi connectivity index (χ1) is 18.8. The highest BCUT2D eigenvalue weighted by molar-refractivity contribution is 5.87. The second kappa shape index (κ2) is 9.86. The van der Waals surface area contributed by atoms with E-state index in [1.807, 2.05) is 25.3 Å². The zero-order valence-corrected chi connectivity index (χ0v) is 22.2. The highest BCUT2D eigenvalue weighted by Crippen LogP contribution is 2.34. The minimum Gasteiger partial charge on any atom is -0.373 e. The van der Waals surface area contributed by atoms with Gasteiger partial charge in [-0.2, -0.15) is 5.10 Å². The number of likely N-dealkylation sites (N-methyl/N-ethyl adjacent to an activating group) is 1. The molecule has 6 rings (SSSR count). The predicted octanol–water partition coefficient (Wildman–Crippen LogP) is 2.76. The number of pyridine rings is 1. The van der Waals surface area contributed by atoms with Crippen LogP contribution in [0.3, 0.4) is 0 Å². The van der Waals surface area contributed by atoms with E-state index in [1.165, 1.54) is 4.90 Å². The number of piperidine rings is 1. The third kappa shape index (κ3) is 4.77. The van der Waals surface area contributed by atoms with Crippen LogP contribution in [0.1, 0.15) is 36.8 Å². The van der Waals surface area contributed by atoms with Crippen molar-refractivity contribution < 1.29 is 14.4 Å². The fraction of sp³-hybridized carbons (Fsp3) is 0.407. The molecule has 1 unspecified atom stereocenters. The molecule has 0 bridgehead atoms. The maximum absolute atomic E-state index is 12.4. The topological polar surface area (TPSA) is 138 Å². The van der Waals surface area contributed by atoms with Crippen molar-refractivity contribution in [1.29, 1.82) is 0 Å². The molecule has 6 heterocycles. The molecule has 12 heteroatoms. The van der Waals surface area contributed by atoms with E-state index in [0.29, 0.717) is 41.3 Å². The molecule has 0 aliphatic carbocycles. The largest absolute Gasteiger partial charge is 0.373 e. The summed E-state index contributed by atoms with van der Waals surface area (Å²) >= 11 is 0. The van der Waals surface area contributed by atoms with Gasteiger partial charge in [0.05, 0.1) is 34.5 Å². The fourth-order valence-corrected chi connectivity index (χ4v) is 5.13. The van der Waals surface area contributed by atoms with Crippen molar-refractivity contribution in [3.8, 4) is 22.8 Å². The molecule has 2 aliphatic rings. The van der Waals surface area contributed by atoms with E-state index in [0.717, 1.165) is 37.3 Å². The van der Waals surface area contributed by atoms with Gasteiger partial charge in [-0.15, -0.1) is 0 Å². The van der Waals surface area contributed by atoms with E-state index in [1.54, 1.807) is 31.4 Å². The molecule has 202 valence electrons. The van der Waals surface area contributed by atoms with E-state index < -0.39 is 11.5 Å². The van der Waals surface area contributed by atoms with Crippen molar-refractivity contribution in [3.63, 3.8) is 0 Å². The maximum atomic E-state index is 12.4. The number of anilines is 2. The number of rotatable bonds is 6. The van der Waals surface area contributed by atoms with E-state index in [9.17, 15) is 9.90 Å². The Bertz CT molecular complexity index is 1510. The molecule has 1 atom stereocenters. The number of likely N-dealkylation sites (tertiary alicyclic amines) is 2. The van der Waals surface area contributed by atoms with Crippen molar-refractivity contribution in [2.75, 3.05) is 39.0 Å². The van der Waals surface area contributed by atoms with Gasteiger partial charge < -0.3 is 24.7 Å². The van der Waals surface area contributed by atoms with Gasteiger partial charge in [0.1, 0.15) is 5.69 Å². The van der Waals surface area contributed by atoms with Crippen LogP contribution in [-0.4, -0.2) is 84.4 Å². The van der Waals surface area contributed by atoms with Crippen LogP contribution in [0.4, 0.5) is 11.6 Å². The molecule has 4 aromatic rings. The first-order valence-electron chi connectivity index (χ1n) is 13.1. The van der Waals surface area contributed by atoms with E-state index in [4.69, 9.17) is 14.6 Å². The maximum Gasteiger partial charge on any atom is 0.262 e. The Morgan fingerprint density at radius 2 is 1.79 bits per heavy atom.